The third-order valence-corrected chi connectivity index (χ3v) is 15.6. The average molecular weight is 947 g/mol. The minimum absolute atomic E-state index is 0.0226. The normalized spacial score (nSPS) is 28.8. The lowest BCUT2D eigenvalue weighted by Crippen LogP contribution is -2.55. The van der Waals surface area contributed by atoms with Crippen molar-refractivity contribution in [2.24, 2.45) is 11.8 Å². The molecule has 2 aromatic heterocycles. The van der Waals surface area contributed by atoms with Gasteiger partial charge in [0.25, 0.3) is 0 Å². The molecule has 4 fully saturated rings. The minimum atomic E-state index is -0.735. The fraction of sp³-hybridized carbons (Fsp3) is 0.585. The summed E-state index contributed by atoms with van der Waals surface area (Å²) < 4.78 is 21.9. The summed E-state index contributed by atoms with van der Waals surface area (Å²) >= 11 is 0. The van der Waals surface area contributed by atoms with Crippen LogP contribution in [0.2, 0.25) is 0 Å². The van der Waals surface area contributed by atoms with Crippen molar-refractivity contribution in [3.8, 4) is 33.6 Å². The number of fused-ring (bicyclic) bond motifs is 1. The number of benzene rings is 2. The molecule has 11 atom stereocenters. The number of aromatic nitrogens is 4. The van der Waals surface area contributed by atoms with Crippen LogP contribution < -0.4 is 10.6 Å². The number of alkyl carbamates (subject to hydrolysis) is 2. The SMILES string of the molecule is COC(=O)N[C@H](C(=O)N1[C@@H](C)CC[C@H]1c1ncc(-c2ccc(-c3ccc(-c4cnc([C@@H]5CC[C@H](C)N5C(=O)[C@@H](NC(=O)OC)C5C[C@@H](C)O[C@H](C)C5)[nH]4)c4c3CCC4)cc2)[nH]1)C1C[C@@H](C)O[C@@H](C)C1. The van der Waals surface area contributed by atoms with E-state index in [-0.39, 0.29) is 72.2 Å². The van der Waals surface area contributed by atoms with E-state index in [2.05, 4.69) is 70.8 Å². The van der Waals surface area contributed by atoms with Crippen molar-refractivity contribution in [1.82, 2.24) is 40.4 Å². The van der Waals surface area contributed by atoms with E-state index in [9.17, 15) is 19.2 Å². The summed E-state index contributed by atoms with van der Waals surface area (Å²) in [6, 6.07) is 11.0. The van der Waals surface area contributed by atoms with E-state index in [0.717, 1.165) is 84.7 Å². The van der Waals surface area contributed by atoms with E-state index in [0.29, 0.717) is 25.7 Å². The molecule has 69 heavy (non-hydrogen) atoms. The van der Waals surface area contributed by atoms with Crippen LogP contribution in [0.4, 0.5) is 9.59 Å². The van der Waals surface area contributed by atoms with Gasteiger partial charge >= 0.3 is 12.2 Å². The summed E-state index contributed by atoms with van der Waals surface area (Å²) in [4.78, 5) is 75.0. The van der Waals surface area contributed by atoms with Crippen molar-refractivity contribution in [3.63, 3.8) is 0 Å². The molecular formula is C53H70N8O8. The number of amides is 4. The molecule has 1 aliphatic carbocycles. The number of likely N-dealkylation sites (tertiary alicyclic amines) is 2. The molecule has 0 bridgehead atoms. The van der Waals surface area contributed by atoms with Crippen LogP contribution in [0, 0.1) is 11.8 Å². The Hall–Kier alpha value is -5.74. The molecule has 16 nitrogen and oxygen atoms in total. The Morgan fingerprint density at radius 3 is 1.49 bits per heavy atom. The number of methoxy groups -OCH3 is 2. The molecule has 2 aromatic carbocycles. The van der Waals surface area contributed by atoms with Crippen LogP contribution in [0.15, 0.2) is 48.8 Å². The number of ether oxygens (including phenoxy) is 4. The first kappa shape index (κ1) is 48.3. The molecule has 370 valence electrons. The predicted octanol–water partition coefficient (Wildman–Crippen LogP) is 8.58. The zero-order chi connectivity index (χ0) is 48.7. The number of aromatic amines is 2. The number of rotatable bonds is 11. The quantitative estimate of drug-likeness (QED) is 0.113. The molecular weight excluding hydrogens is 877 g/mol. The predicted molar refractivity (Wildman–Crippen MR) is 260 cm³/mol. The van der Waals surface area contributed by atoms with E-state index in [1.54, 1.807) is 0 Å². The van der Waals surface area contributed by atoms with Gasteiger partial charge in [0.1, 0.15) is 23.7 Å². The Balaban J connectivity index is 0.913. The fourth-order valence-corrected chi connectivity index (χ4v) is 12.5. The Morgan fingerprint density at radius 2 is 1.01 bits per heavy atom. The summed E-state index contributed by atoms with van der Waals surface area (Å²) in [7, 11) is 2.65. The molecule has 0 spiro atoms. The smallest absolute Gasteiger partial charge is 0.407 e. The number of imidazole rings is 2. The maximum absolute atomic E-state index is 14.6. The highest BCUT2D eigenvalue weighted by Crippen LogP contribution is 2.43. The van der Waals surface area contributed by atoms with Crippen LogP contribution >= 0.6 is 0 Å². The second kappa shape index (κ2) is 20.3. The van der Waals surface area contributed by atoms with Gasteiger partial charge in [-0.25, -0.2) is 19.6 Å². The molecule has 0 radical (unpaired) electrons. The van der Waals surface area contributed by atoms with Crippen molar-refractivity contribution in [2.45, 2.75) is 173 Å². The highest BCUT2D eigenvalue weighted by atomic mass is 16.5. The molecule has 16 heteroatoms. The molecule has 4 saturated heterocycles. The standard InChI is InChI=1S/C53H70N8O8/c1-28-12-20-44(60(28)50(62)46(58-52(64)66-7)36-22-30(3)68-31(4)23-36)48-54-26-42(56-48)35-16-14-34(15-17-35)38-18-19-41(40-11-9-10-39(38)40)43-27-55-49(57-43)45-21-13-29(2)61(45)51(63)47(59-53(65)67-8)37-24-32(5)69-33(6)25-37/h14-19,26-33,36-37,44-47H,9-13,20-25H2,1-8H3,(H,54,56)(H,55,57)(H,58,64)(H,59,65)/t28-,29-,30-,31+,32+,33+,36?,44-,45-,46-,47-/m0/s1. The highest BCUT2D eigenvalue weighted by molar-refractivity contribution is 5.88. The third kappa shape index (κ3) is 9.88. The van der Waals surface area contributed by atoms with Crippen molar-refractivity contribution >= 4 is 24.0 Å². The first-order chi connectivity index (χ1) is 33.2. The number of H-pyrrole nitrogens is 2. The van der Waals surface area contributed by atoms with E-state index in [1.807, 2.05) is 49.9 Å². The number of nitrogens with zero attached hydrogens (tertiary/aromatic N) is 4. The number of hydrogen-bond donors (Lipinski definition) is 4. The third-order valence-electron chi connectivity index (χ3n) is 15.6. The molecule has 6 heterocycles. The summed E-state index contributed by atoms with van der Waals surface area (Å²) in [6.45, 7) is 12.2. The molecule has 4 aromatic rings. The monoisotopic (exact) mass is 947 g/mol. The van der Waals surface area contributed by atoms with E-state index in [4.69, 9.17) is 28.9 Å². The van der Waals surface area contributed by atoms with Crippen molar-refractivity contribution in [2.75, 3.05) is 14.2 Å². The molecule has 4 N–H and O–H groups in total. The molecule has 4 aliphatic heterocycles. The van der Waals surface area contributed by atoms with Crippen LogP contribution in [0.3, 0.4) is 0 Å². The lowest BCUT2D eigenvalue weighted by molar-refractivity contribution is -0.141. The van der Waals surface area contributed by atoms with Gasteiger partial charge in [-0.1, -0.05) is 36.4 Å². The largest absolute Gasteiger partial charge is 0.453 e. The number of carbonyl (C=O) groups excluding carboxylic acids is 4. The Morgan fingerprint density at radius 1 is 0.594 bits per heavy atom. The Labute approximate surface area is 405 Å². The van der Waals surface area contributed by atoms with E-state index < -0.39 is 24.3 Å². The van der Waals surface area contributed by atoms with Gasteiger partial charge in [-0.05, 0) is 152 Å². The summed E-state index contributed by atoms with van der Waals surface area (Å²) in [5.41, 5.74) is 8.93. The summed E-state index contributed by atoms with van der Waals surface area (Å²) in [6.07, 6.45) is 11.3. The minimum Gasteiger partial charge on any atom is -0.453 e. The van der Waals surface area contributed by atoms with Gasteiger partial charge < -0.3 is 49.3 Å². The van der Waals surface area contributed by atoms with Crippen LogP contribution in [-0.2, 0) is 41.4 Å². The second-order valence-electron chi connectivity index (χ2n) is 20.5. The van der Waals surface area contributed by atoms with Gasteiger partial charge in [-0.2, -0.15) is 0 Å². The molecule has 9 rings (SSSR count). The van der Waals surface area contributed by atoms with E-state index in [1.165, 1.54) is 30.9 Å². The lowest BCUT2D eigenvalue weighted by atomic mass is 9.85. The van der Waals surface area contributed by atoms with Crippen LogP contribution in [-0.4, -0.2) is 117 Å². The lowest BCUT2D eigenvalue weighted by Gasteiger charge is -2.39. The van der Waals surface area contributed by atoms with Crippen molar-refractivity contribution in [1.29, 1.82) is 0 Å². The summed E-state index contributed by atoms with van der Waals surface area (Å²) in [5.74, 6) is 1.08. The number of hydrogen-bond acceptors (Lipinski definition) is 10. The molecule has 5 aliphatic rings. The van der Waals surface area contributed by atoms with Gasteiger partial charge in [0, 0.05) is 17.6 Å². The zero-order valence-corrected chi connectivity index (χ0v) is 41.4. The van der Waals surface area contributed by atoms with Gasteiger partial charge in [0.05, 0.1) is 74.5 Å². The maximum Gasteiger partial charge on any atom is 0.407 e. The Kier molecular flexibility index (Phi) is 14.2. The highest BCUT2D eigenvalue weighted by Gasteiger charge is 2.46. The second-order valence-corrected chi connectivity index (χ2v) is 20.5. The first-order valence-corrected chi connectivity index (χ1v) is 25.2. The van der Waals surface area contributed by atoms with Crippen molar-refractivity contribution < 1.29 is 38.1 Å². The fourth-order valence-electron chi connectivity index (χ4n) is 12.5. The first-order valence-electron chi connectivity index (χ1n) is 25.2. The maximum atomic E-state index is 14.6. The van der Waals surface area contributed by atoms with Crippen LogP contribution in [0.5, 0.6) is 0 Å². The van der Waals surface area contributed by atoms with Crippen LogP contribution in [0.1, 0.15) is 134 Å². The number of nitrogens with one attached hydrogen (secondary N) is 4. The molecule has 0 saturated carbocycles. The topological polar surface area (TPSA) is 193 Å². The number of carbonyl (C=O) groups is 4. The Bertz CT molecular complexity index is 2490. The zero-order valence-electron chi connectivity index (χ0n) is 41.4. The van der Waals surface area contributed by atoms with Crippen LogP contribution in [0.25, 0.3) is 33.6 Å². The summed E-state index contributed by atoms with van der Waals surface area (Å²) in [5, 5.41) is 5.79. The van der Waals surface area contributed by atoms with E-state index >= 15 is 0 Å². The average Bonchev–Trinajstić information content (AvgIpc) is 4.20. The molecule has 1 unspecified atom stereocenters. The molecule has 4 amide bonds. The van der Waals surface area contributed by atoms with Gasteiger partial charge in [-0.3, -0.25) is 9.59 Å². The van der Waals surface area contributed by atoms with Gasteiger partial charge in [0.2, 0.25) is 11.8 Å². The van der Waals surface area contributed by atoms with Crippen molar-refractivity contribution in [3.05, 3.63) is 71.6 Å². The van der Waals surface area contributed by atoms with Gasteiger partial charge in [-0.15, -0.1) is 0 Å². The van der Waals surface area contributed by atoms with Gasteiger partial charge in [0.15, 0.2) is 0 Å².